The van der Waals surface area contributed by atoms with Crippen LogP contribution in [0.5, 0.6) is 0 Å². The summed E-state index contributed by atoms with van der Waals surface area (Å²) in [7, 11) is 1.31. The number of methoxy groups -OCH3 is 1. The van der Waals surface area contributed by atoms with Crippen LogP contribution in [0.25, 0.3) is 0 Å². The molecule has 120 valence electrons. The Morgan fingerprint density at radius 2 is 1.82 bits per heavy atom. The van der Waals surface area contributed by atoms with Gasteiger partial charge in [-0.2, -0.15) is 0 Å². The van der Waals surface area contributed by atoms with Gasteiger partial charge in [-0.15, -0.1) is 0 Å². The van der Waals surface area contributed by atoms with E-state index in [0.717, 1.165) is 19.6 Å². The van der Waals surface area contributed by atoms with E-state index in [1.807, 2.05) is 18.2 Å². The SMILES string of the molecule is COC(=O)[C@@H](C)NC(=O)N1CCN(Cc2ccccc2)CC1. The molecule has 1 aromatic carbocycles. The van der Waals surface area contributed by atoms with Crippen molar-refractivity contribution in [3.05, 3.63) is 35.9 Å². The van der Waals surface area contributed by atoms with Crippen LogP contribution in [0.15, 0.2) is 30.3 Å². The Morgan fingerprint density at radius 1 is 1.18 bits per heavy atom. The number of amides is 2. The average Bonchev–Trinajstić information content (AvgIpc) is 2.55. The van der Waals surface area contributed by atoms with Crippen molar-refractivity contribution in [3.8, 4) is 0 Å². The van der Waals surface area contributed by atoms with E-state index in [1.54, 1.807) is 11.8 Å². The molecule has 1 atom stereocenters. The normalized spacial score (nSPS) is 16.9. The largest absolute Gasteiger partial charge is 0.467 e. The molecule has 0 aliphatic carbocycles. The van der Waals surface area contributed by atoms with Crippen molar-refractivity contribution >= 4 is 12.0 Å². The van der Waals surface area contributed by atoms with Gasteiger partial charge in [-0.05, 0) is 12.5 Å². The molecular weight excluding hydrogens is 282 g/mol. The molecule has 22 heavy (non-hydrogen) atoms. The Kier molecular flexibility index (Phi) is 5.77. The second-order valence-corrected chi connectivity index (χ2v) is 5.44. The minimum absolute atomic E-state index is 0.211. The first kappa shape index (κ1) is 16.3. The molecule has 0 saturated carbocycles. The van der Waals surface area contributed by atoms with Crippen molar-refractivity contribution in [2.75, 3.05) is 33.3 Å². The number of piperazine rings is 1. The fourth-order valence-electron chi connectivity index (χ4n) is 2.46. The lowest BCUT2D eigenvalue weighted by Gasteiger charge is -2.35. The fraction of sp³-hybridized carbons (Fsp3) is 0.500. The summed E-state index contributed by atoms with van der Waals surface area (Å²) in [6.45, 7) is 5.49. The van der Waals surface area contributed by atoms with E-state index in [4.69, 9.17) is 0 Å². The van der Waals surface area contributed by atoms with Crippen molar-refractivity contribution in [3.63, 3.8) is 0 Å². The van der Waals surface area contributed by atoms with Crippen molar-refractivity contribution < 1.29 is 14.3 Å². The number of rotatable bonds is 4. The predicted molar refractivity (Wildman–Crippen MR) is 83.3 cm³/mol. The van der Waals surface area contributed by atoms with Gasteiger partial charge in [-0.1, -0.05) is 30.3 Å². The van der Waals surface area contributed by atoms with Gasteiger partial charge in [0.1, 0.15) is 6.04 Å². The molecule has 1 fully saturated rings. The van der Waals surface area contributed by atoms with Gasteiger partial charge in [0.15, 0.2) is 0 Å². The molecule has 6 heteroatoms. The van der Waals surface area contributed by atoms with Crippen LogP contribution < -0.4 is 5.32 Å². The minimum atomic E-state index is -0.625. The van der Waals surface area contributed by atoms with Gasteiger partial charge in [-0.25, -0.2) is 9.59 Å². The molecule has 0 spiro atoms. The van der Waals surface area contributed by atoms with Gasteiger partial charge in [0.25, 0.3) is 0 Å². The Morgan fingerprint density at radius 3 is 2.41 bits per heavy atom. The zero-order valence-corrected chi connectivity index (χ0v) is 13.1. The quantitative estimate of drug-likeness (QED) is 0.846. The number of nitrogens with zero attached hydrogens (tertiary/aromatic N) is 2. The van der Waals surface area contributed by atoms with Gasteiger partial charge in [0.2, 0.25) is 0 Å². The van der Waals surface area contributed by atoms with E-state index in [1.165, 1.54) is 12.7 Å². The van der Waals surface area contributed by atoms with Crippen LogP contribution in [-0.2, 0) is 16.1 Å². The summed E-state index contributed by atoms with van der Waals surface area (Å²) in [5, 5.41) is 2.66. The molecule has 1 aromatic rings. The molecule has 2 rings (SSSR count). The molecule has 0 radical (unpaired) electrons. The lowest BCUT2D eigenvalue weighted by molar-refractivity contribution is -0.142. The van der Waals surface area contributed by atoms with Crippen LogP contribution in [0.2, 0.25) is 0 Å². The van der Waals surface area contributed by atoms with Crippen LogP contribution in [0.4, 0.5) is 4.79 Å². The fourth-order valence-corrected chi connectivity index (χ4v) is 2.46. The predicted octanol–water partition coefficient (Wildman–Crippen LogP) is 1.08. The minimum Gasteiger partial charge on any atom is -0.467 e. The van der Waals surface area contributed by atoms with E-state index in [-0.39, 0.29) is 6.03 Å². The number of carbonyl (C=O) groups excluding carboxylic acids is 2. The Bertz CT molecular complexity index is 499. The van der Waals surface area contributed by atoms with Gasteiger partial charge < -0.3 is 15.0 Å². The van der Waals surface area contributed by atoms with Crippen LogP contribution in [0.1, 0.15) is 12.5 Å². The van der Waals surface area contributed by atoms with Crippen molar-refractivity contribution in [2.45, 2.75) is 19.5 Å². The summed E-state index contributed by atoms with van der Waals surface area (Å²) in [5.74, 6) is -0.434. The smallest absolute Gasteiger partial charge is 0.328 e. The molecule has 1 aliphatic rings. The average molecular weight is 305 g/mol. The first-order valence-corrected chi connectivity index (χ1v) is 7.49. The monoisotopic (exact) mass is 305 g/mol. The molecule has 1 aliphatic heterocycles. The second kappa shape index (κ2) is 7.79. The van der Waals surface area contributed by atoms with Crippen LogP contribution in [-0.4, -0.2) is 61.1 Å². The first-order chi connectivity index (χ1) is 10.6. The third-order valence-corrected chi connectivity index (χ3v) is 3.80. The van der Waals surface area contributed by atoms with Gasteiger partial charge >= 0.3 is 12.0 Å². The molecular formula is C16H23N3O3. The van der Waals surface area contributed by atoms with Gasteiger partial charge in [-0.3, -0.25) is 4.90 Å². The zero-order valence-electron chi connectivity index (χ0n) is 13.1. The van der Waals surface area contributed by atoms with E-state index in [9.17, 15) is 9.59 Å². The summed E-state index contributed by atoms with van der Waals surface area (Å²) in [6, 6.07) is 9.46. The number of hydrogen-bond acceptors (Lipinski definition) is 4. The Balaban J connectivity index is 1.77. The maximum atomic E-state index is 12.1. The summed E-state index contributed by atoms with van der Waals surface area (Å²) in [6.07, 6.45) is 0. The van der Waals surface area contributed by atoms with Crippen LogP contribution in [0.3, 0.4) is 0 Å². The molecule has 2 amide bonds. The second-order valence-electron chi connectivity index (χ2n) is 5.44. The van der Waals surface area contributed by atoms with Crippen LogP contribution >= 0.6 is 0 Å². The highest BCUT2D eigenvalue weighted by Gasteiger charge is 2.24. The van der Waals surface area contributed by atoms with E-state index in [2.05, 4.69) is 27.1 Å². The highest BCUT2D eigenvalue weighted by atomic mass is 16.5. The number of nitrogens with one attached hydrogen (secondary N) is 1. The summed E-state index contributed by atoms with van der Waals surface area (Å²) >= 11 is 0. The van der Waals surface area contributed by atoms with E-state index in [0.29, 0.717) is 13.1 Å². The summed E-state index contributed by atoms with van der Waals surface area (Å²) in [5.41, 5.74) is 1.28. The lowest BCUT2D eigenvalue weighted by atomic mass is 10.2. The van der Waals surface area contributed by atoms with Gasteiger partial charge in [0, 0.05) is 32.7 Å². The molecule has 0 aromatic heterocycles. The highest BCUT2D eigenvalue weighted by Crippen LogP contribution is 2.08. The zero-order chi connectivity index (χ0) is 15.9. The molecule has 6 nitrogen and oxygen atoms in total. The third-order valence-electron chi connectivity index (χ3n) is 3.80. The maximum Gasteiger partial charge on any atom is 0.328 e. The van der Waals surface area contributed by atoms with E-state index < -0.39 is 12.0 Å². The van der Waals surface area contributed by atoms with E-state index >= 15 is 0 Å². The number of benzene rings is 1. The number of carbonyl (C=O) groups is 2. The van der Waals surface area contributed by atoms with Crippen LogP contribution in [0, 0.1) is 0 Å². The topological polar surface area (TPSA) is 61.9 Å². The molecule has 0 bridgehead atoms. The first-order valence-electron chi connectivity index (χ1n) is 7.49. The summed E-state index contributed by atoms with van der Waals surface area (Å²) < 4.78 is 4.60. The highest BCUT2D eigenvalue weighted by molar-refractivity contribution is 5.83. The lowest BCUT2D eigenvalue weighted by Crippen LogP contribution is -2.54. The van der Waals surface area contributed by atoms with Crippen molar-refractivity contribution in [1.82, 2.24) is 15.1 Å². The molecule has 1 heterocycles. The maximum absolute atomic E-state index is 12.1. The summed E-state index contributed by atoms with van der Waals surface area (Å²) in [4.78, 5) is 27.5. The number of hydrogen-bond donors (Lipinski definition) is 1. The Labute approximate surface area is 131 Å². The van der Waals surface area contributed by atoms with Crippen molar-refractivity contribution in [2.24, 2.45) is 0 Å². The molecule has 0 unspecified atom stereocenters. The standard InChI is InChI=1S/C16H23N3O3/c1-13(15(20)22-2)17-16(21)19-10-8-18(9-11-19)12-14-6-4-3-5-7-14/h3-7,13H,8-12H2,1-2H3,(H,17,21)/t13-/m1/s1. The number of ether oxygens (including phenoxy) is 1. The number of urea groups is 1. The Hall–Kier alpha value is -2.08. The molecule has 1 saturated heterocycles. The molecule has 1 N–H and O–H groups in total. The van der Waals surface area contributed by atoms with Gasteiger partial charge in [0.05, 0.1) is 7.11 Å². The number of esters is 1. The van der Waals surface area contributed by atoms with Crippen molar-refractivity contribution in [1.29, 1.82) is 0 Å². The third kappa shape index (κ3) is 4.46.